The van der Waals surface area contributed by atoms with Gasteiger partial charge in [0.1, 0.15) is 0 Å². The Morgan fingerprint density at radius 1 is 1.75 bits per heavy atom. The Morgan fingerprint density at radius 2 is 1.75 bits per heavy atom. The van der Waals surface area contributed by atoms with Gasteiger partial charge in [-0.1, -0.05) is 6.92 Å². The zero-order valence-corrected chi connectivity index (χ0v) is 9.64. The van der Waals surface area contributed by atoms with Crippen LogP contribution in [0.4, 0.5) is 0 Å². The van der Waals surface area contributed by atoms with Crippen LogP contribution >= 0.6 is 9.24 Å². The second kappa shape index (κ2) is 8.84. The molecule has 1 atom stereocenters. The molecule has 4 heavy (non-hydrogen) atoms. The summed E-state index contributed by atoms with van der Waals surface area (Å²) in [6.07, 6.45) is 1.17. The summed E-state index contributed by atoms with van der Waals surface area (Å²) in [6.45, 7) is 2.09. The van der Waals surface area contributed by atoms with Crippen LogP contribution in [-0.2, 0) is 0 Å². The monoisotopic (exact) mass is 272 g/mol. The Kier molecular flexibility index (Phi) is 19.9. The summed E-state index contributed by atoms with van der Waals surface area (Å²) in [6, 6.07) is 0. The van der Waals surface area contributed by atoms with E-state index in [9.17, 15) is 0 Å². The van der Waals surface area contributed by atoms with Crippen molar-refractivity contribution >= 4 is 36.5 Å². The fraction of sp³-hybridized carbons (Fsp3) is 1.00. The van der Waals surface area contributed by atoms with Crippen molar-refractivity contribution in [1.29, 1.82) is 0 Å². The molecule has 0 saturated heterocycles. The molecule has 26 valence electrons. The molecule has 0 aliphatic carbocycles. The van der Waals surface area contributed by atoms with Gasteiger partial charge in [-0.15, -0.1) is 9.24 Å². The quantitative estimate of drug-likeness (QED) is 0.428. The van der Waals surface area contributed by atoms with Gasteiger partial charge in [-0.2, -0.15) is 0 Å². The van der Waals surface area contributed by atoms with E-state index >= 15 is 0 Å². The molecule has 0 aromatic heterocycles. The van der Waals surface area contributed by atoms with Crippen molar-refractivity contribution in [3.63, 3.8) is 0 Å². The summed E-state index contributed by atoms with van der Waals surface area (Å²) < 4.78 is 0. The third-order valence-corrected chi connectivity index (χ3v) is 0. The molecule has 0 spiro atoms. The van der Waals surface area contributed by atoms with E-state index in [1.807, 2.05) is 0 Å². The van der Waals surface area contributed by atoms with Gasteiger partial charge in [-0.05, 0) is 6.16 Å². The minimum atomic E-state index is 0. The van der Waals surface area contributed by atoms with Crippen molar-refractivity contribution < 1.29 is 0 Å². The Bertz CT molecular complexity index is 6.00. The second-order valence-electron chi connectivity index (χ2n) is 0.408. The van der Waals surface area contributed by atoms with Crippen molar-refractivity contribution in [2.45, 2.75) is 6.92 Å². The molecule has 0 saturated carbocycles. The molecule has 0 heterocycles. The second-order valence-corrected chi connectivity index (χ2v) is 1.22. The number of hydrogen-bond acceptors (Lipinski definition) is 0. The van der Waals surface area contributed by atoms with Gasteiger partial charge in [-0.3, -0.25) is 0 Å². The van der Waals surface area contributed by atoms with E-state index in [4.69, 9.17) is 0 Å². The molecule has 0 N–H and O–H groups in total. The van der Waals surface area contributed by atoms with Crippen LogP contribution in [-0.4, -0.2) is 33.5 Å². The molecule has 2 heteroatoms. The first-order valence-electron chi connectivity index (χ1n) is 1.12. The number of hydrogen-bond donors (Lipinski definition) is 0. The molecule has 0 aromatic carbocycles. The van der Waals surface area contributed by atoms with Gasteiger partial charge in [0.05, 0.1) is 0 Å². The molecule has 0 nitrogen and oxygen atoms in total. The van der Waals surface area contributed by atoms with E-state index in [2.05, 4.69) is 16.2 Å². The summed E-state index contributed by atoms with van der Waals surface area (Å²) in [4.78, 5) is 0. The fourth-order valence-corrected chi connectivity index (χ4v) is 0. The molecule has 0 amide bonds. The van der Waals surface area contributed by atoms with Gasteiger partial charge in [0, 0.05) is 0 Å². The van der Waals surface area contributed by atoms with Crippen molar-refractivity contribution in [2.24, 2.45) is 0 Å². The van der Waals surface area contributed by atoms with E-state index in [1.54, 1.807) is 0 Å². The maximum absolute atomic E-state index is 2.58. The Balaban J connectivity index is 0. The number of rotatable bonds is 0. The first-order chi connectivity index (χ1) is 1.41. The molecule has 2 radical (unpaired) electrons. The summed E-state index contributed by atoms with van der Waals surface area (Å²) in [5.41, 5.74) is 0. The third kappa shape index (κ3) is 10.1. The van der Waals surface area contributed by atoms with Crippen LogP contribution in [0.3, 0.4) is 0 Å². The maximum atomic E-state index is 2.58. The Hall–Kier alpha value is 1.35. The van der Waals surface area contributed by atoms with Crippen molar-refractivity contribution in [1.82, 2.24) is 0 Å². The van der Waals surface area contributed by atoms with Crippen molar-refractivity contribution in [3.8, 4) is 0 Å². The molecular formula is C2H9PPb. The molecule has 0 rings (SSSR count). The minimum absolute atomic E-state index is 0. The summed E-state index contributed by atoms with van der Waals surface area (Å²) in [5.74, 6) is 0. The normalized spacial score (nSPS) is 4.50. The van der Waals surface area contributed by atoms with E-state index in [0.29, 0.717) is 0 Å². The van der Waals surface area contributed by atoms with Gasteiger partial charge in [-0.25, -0.2) is 0 Å². The molecule has 0 aromatic rings. The van der Waals surface area contributed by atoms with Gasteiger partial charge >= 0.3 is 27.3 Å². The van der Waals surface area contributed by atoms with Crippen LogP contribution in [0.2, 0.25) is 0 Å². The Labute approximate surface area is 49.7 Å². The van der Waals surface area contributed by atoms with Crippen LogP contribution in [0.1, 0.15) is 6.92 Å². The van der Waals surface area contributed by atoms with E-state index in [0.717, 1.165) is 0 Å². The van der Waals surface area contributed by atoms with Crippen LogP contribution in [0.15, 0.2) is 0 Å². The van der Waals surface area contributed by atoms with Gasteiger partial charge in [0.25, 0.3) is 0 Å². The van der Waals surface area contributed by atoms with Crippen LogP contribution < -0.4 is 0 Å². The van der Waals surface area contributed by atoms with E-state index < -0.39 is 0 Å². The topological polar surface area (TPSA) is 0 Å². The zero-order valence-electron chi connectivity index (χ0n) is 2.99. The predicted octanol–water partition coefficient (Wildman–Crippen LogP) is -0.0348. The standard InChI is InChI=1S/C2H7P.Pb.2H/c1-2-3;;;/h2-3H2,1H3;;;. The van der Waals surface area contributed by atoms with E-state index in [-0.39, 0.29) is 27.3 Å². The first kappa shape index (κ1) is 9.02. The van der Waals surface area contributed by atoms with E-state index in [1.165, 1.54) is 6.16 Å². The average molecular weight is 271 g/mol. The van der Waals surface area contributed by atoms with Gasteiger partial charge in [0.15, 0.2) is 0 Å². The van der Waals surface area contributed by atoms with Gasteiger partial charge in [0.2, 0.25) is 0 Å². The van der Waals surface area contributed by atoms with Crippen molar-refractivity contribution in [3.05, 3.63) is 0 Å². The summed E-state index contributed by atoms with van der Waals surface area (Å²) in [7, 11) is 2.58. The van der Waals surface area contributed by atoms with Gasteiger partial charge < -0.3 is 0 Å². The molecule has 1 unspecified atom stereocenters. The van der Waals surface area contributed by atoms with Crippen LogP contribution in [0.25, 0.3) is 0 Å². The van der Waals surface area contributed by atoms with Crippen molar-refractivity contribution in [2.75, 3.05) is 6.16 Å². The molecule has 0 fully saturated rings. The third-order valence-electron chi connectivity index (χ3n) is 0. The molecular weight excluding hydrogens is 262 g/mol. The fourth-order valence-electron chi connectivity index (χ4n) is 0. The summed E-state index contributed by atoms with van der Waals surface area (Å²) >= 11 is 0. The average Bonchev–Trinajstić information content (AvgIpc) is 0.918. The molecule has 0 aliphatic heterocycles. The SMILES string of the molecule is CCP.[PbH2]. The predicted molar refractivity (Wildman–Crippen MR) is 28.8 cm³/mol. The summed E-state index contributed by atoms with van der Waals surface area (Å²) in [5, 5.41) is 0. The van der Waals surface area contributed by atoms with Crippen LogP contribution in [0.5, 0.6) is 0 Å². The molecule has 0 bridgehead atoms. The zero-order chi connectivity index (χ0) is 2.71. The Morgan fingerprint density at radius 3 is 1.75 bits per heavy atom. The van der Waals surface area contributed by atoms with Crippen LogP contribution in [0, 0.1) is 0 Å². The molecule has 0 aliphatic rings. The first-order valence-corrected chi connectivity index (χ1v) is 1.93.